The third-order valence-corrected chi connectivity index (χ3v) is 0.447. The van der Waals surface area contributed by atoms with Crippen molar-refractivity contribution in [1.82, 2.24) is 0 Å². The van der Waals surface area contributed by atoms with E-state index in [-0.39, 0.29) is 29.6 Å². The van der Waals surface area contributed by atoms with Gasteiger partial charge in [-0.1, -0.05) is 0 Å². The van der Waals surface area contributed by atoms with Crippen LogP contribution in [0.4, 0.5) is 0 Å². The first-order chi connectivity index (χ1) is 2.27. The summed E-state index contributed by atoms with van der Waals surface area (Å²) in [6.07, 6.45) is 0. The molecule has 0 saturated heterocycles. The van der Waals surface area contributed by atoms with Crippen LogP contribution in [0.5, 0.6) is 0 Å². The van der Waals surface area contributed by atoms with Crippen molar-refractivity contribution in [2.75, 3.05) is 7.11 Å². The molecular formula is CH3NaO3P. The molecule has 0 saturated carbocycles. The largest absolute Gasteiger partial charge is 0.566 e. The van der Waals surface area contributed by atoms with Gasteiger partial charge in [-0.2, -0.15) is 4.52 Å². The number of rotatable bonds is 1. The zero-order valence-electron chi connectivity index (χ0n) is 3.67. The van der Waals surface area contributed by atoms with Gasteiger partial charge in [0.2, 0.25) is 0 Å². The Labute approximate surface area is 58.9 Å². The van der Waals surface area contributed by atoms with Crippen molar-refractivity contribution in [2.24, 2.45) is 0 Å². The average molecular weight is 117 g/mol. The van der Waals surface area contributed by atoms with E-state index >= 15 is 0 Å². The molecule has 0 bridgehead atoms. The quantitative estimate of drug-likeness (QED) is 0.336. The third kappa shape index (κ3) is 8.89. The smallest absolute Gasteiger partial charge is 0.488 e. The molecule has 0 fully saturated rings. The van der Waals surface area contributed by atoms with Crippen molar-refractivity contribution >= 4 is 37.8 Å². The summed E-state index contributed by atoms with van der Waals surface area (Å²) in [5, 5.41) is 0. The fraction of sp³-hybridized carbons (Fsp3) is 1.00. The molecule has 0 amide bonds. The van der Waals surface area contributed by atoms with Crippen molar-refractivity contribution < 1.29 is 14.0 Å². The first-order valence-corrected chi connectivity index (χ1v) is 2.05. The van der Waals surface area contributed by atoms with Gasteiger partial charge >= 0.3 is 8.25 Å². The minimum atomic E-state index is -2.60. The van der Waals surface area contributed by atoms with Crippen molar-refractivity contribution in [3.05, 3.63) is 0 Å². The molecule has 0 aliphatic carbocycles. The van der Waals surface area contributed by atoms with E-state index in [2.05, 4.69) is 4.52 Å². The summed E-state index contributed by atoms with van der Waals surface area (Å²) in [6.45, 7) is 0. The topological polar surface area (TPSA) is 49.4 Å². The van der Waals surface area contributed by atoms with Crippen LogP contribution in [0.25, 0.3) is 0 Å². The van der Waals surface area contributed by atoms with Gasteiger partial charge in [0.05, 0.1) is 7.11 Å². The van der Waals surface area contributed by atoms with E-state index in [1.54, 1.807) is 0 Å². The van der Waals surface area contributed by atoms with Crippen LogP contribution in [0.1, 0.15) is 0 Å². The summed E-state index contributed by atoms with van der Waals surface area (Å²) in [6, 6.07) is 0. The summed E-state index contributed by atoms with van der Waals surface area (Å²) in [7, 11) is -1.50. The van der Waals surface area contributed by atoms with Crippen molar-refractivity contribution in [3.8, 4) is 0 Å². The molecule has 0 aliphatic rings. The van der Waals surface area contributed by atoms with Crippen LogP contribution in [0.2, 0.25) is 0 Å². The fourth-order valence-corrected chi connectivity index (χ4v) is 0. The maximum atomic E-state index is 9.18. The normalized spacial score (nSPS) is 9.33. The molecule has 6 heavy (non-hydrogen) atoms. The van der Waals surface area contributed by atoms with E-state index in [0.717, 1.165) is 7.11 Å². The Balaban J connectivity index is 0. The zero-order valence-corrected chi connectivity index (χ0v) is 6.57. The second kappa shape index (κ2) is 6.02. The molecule has 3 nitrogen and oxygen atoms in total. The molecule has 0 spiro atoms. The first-order valence-electron chi connectivity index (χ1n) is 0.956. The maximum absolute atomic E-state index is 9.18. The Kier molecular flexibility index (Phi) is 10.1. The van der Waals surface area contributed by atoms with Gasteiger partial charge in [-0.25, -0.2) is 0 Å². The van der Waals surface area contributed by atoms with Crippen LogP contribution < -0.4 is 4.89 Å². The molecule has 0 aliphatic heterocycles. The van der Waals surface area contributed by atoms with E-state index in [9.17, 15) is 9.46 Å². The Morgan fingerprint density at radius 3 is 2.00 bits per heavy atom. The van der Waals surface area contributed by atoms with Crippen LogP contribution in [0.15, 0.2) is 0 Å². The summed E-state index contributed by atoms with van der Waals surface area (Å²) in [4.78, 5) is 9.18. The predicted molar refractivity (Wildman–Crippen MR) is 20.4 cm³/mol. The molecule has 5 heteroatoms. The van der Waals surface area contributed by atoms with Gasteiger partial charge in [-0.15, -0.1) is 0 Å². The van der Waals surface area contributed by atoms with Crippen molar-refractivity contribution in [2.45, 2.75) is 0 Å². The van der Waals surface area contributed by atoms with E-state index in [0.29, 0.717) is 0 Å². The van der Waals surface area contributed by atoms with Gasteiger partial charge in [-0.05, 0) is 4.57 Å². The van der Waals surface area contributed by atoms with Crippen molar-refractivity contribution in [1.29, 1.82) is 0 Å². The van der Waals surface area contributed by atoms with Crippen LogP contribution in [0, 0.1) is 0 Å². The second-order valence-electron chi connectivity index (χ2n) is 0.406. The van der Waals surface area contributed by atoms with Gasteiger partial charge in [-0.3, -0.25) is 0 Å². The van der Waals surface area contributed by atoms with Crippen molar-refractivity contribution in [3.63, 3.8) is 0 Å². The molecule has 1 atom stereocenters. The summed E-state index contributed by atoms with van der Waals surface area (Å²) < 4.78 is 12.9. The number of hydrogen-bond acceptors (Lipinski definition) is 3. The Morgan fingerprint density at radius 1 is 1.83 bits per heavy atom. The Bertz CT molecular complexity index is 46.1. The van der Waals surface area contributed by atoms with Crippen LogP contribution >= 0.6 is 8.25 Å². The minimum absolute atomic E-state index is 0. The zero-order chi connectivity index (χ0) is 4.28. The average Bonchev–Trinajstić information content (AvgIpc) is 1.38. The first kappa shape index (κ1) is 10.1. The van der Waals surface area contributed by atoms with Gasteiger partial charge in [0.15, 0.2) is 0 Å². The van der Waals surface area contributed by atoms with Crippen LogP contribution in [0.3, 0.4) is 0 Å². The predicted octanol–water partition coefficient (Wildman–Crippen LogP) is -0.730. The molecule has 0 rings (SSSR count). The van der Waals surface area contributed by atoms with Gasteiger partial charge < -0.3 is 4.89 Å². The monoisotopic (exact) mass is 117 g/mol. The Morgan fingerprint density at radius 2 is 2.00 bits per heavy atom. The maximum Gasteiger partial charge on any atom is 0.488 e. The van der Waals surface area contributed by atoms with E-state index in [1.807, 2.05) is 0 Å². The van der Waals surface area contributed by atoms with Crippen LogP contribution in [-0.2, 0) is 9.09 Å². The molecular weight excluding hydrogens is 114 g/mol. The number of hydrogen-bond donors (Lipinski definition) is 0. The van der Waals surface area contributed by atoms with Gasteiger partial charge in [0, 0.05) is 29.6 Å². The van der Waals surface area contributed by atoms with Gasteiger partial charge in [0.25, 0.3) is 0 Å². The molecule has 0 aromatic heterocycles. The van der Waals surface area contributed by atoms with E-state index in [1.165, 1.54) is 0 Å². The standard InChI is InChI=1S/CH3O3P.Na/c1-4-5(2)3;/h1H3;. The minimum Gasteiger partial charge on any atom is -0.566 e. The molecule has 0 heterocycles. The Hall–Kier alpha value is 1.02. The molecule has 1 unspecified atom stereocenters. The second-order valence-corrected chi connectivity index (χ2v) is 1.22. The molecule has 0 N–H and O–H groups in total. The molecule has 31 valence electrons. The third-order valence-electron chi connectivity index (χ3n) is 0.149. The summed E-state index contributed by atoms with van der Waals surface area (Å²) >= 11 is 0. The van der Waals surface area contributed by atoms with E-state index < -0.39 is 8.25 Å². The van der Waals surface area contributed by atoms with Gasteiger partial charge in [0.1, 0.15) is 0 Å². The molecule has 0 aromatic rings. The van der Waals surface area contributed by atoms with E-state index in [4.69, 9.17) is 0 Å². The fourth-order valence-electron chi connectivity index (χ4n) is 0. The summed E-state index contributed by atoms with van der Waals surface area (Å²) in [5.41, 5.74) is 0. The molecule has 0 aromatic carbocycles. The molecule has 1 radical (unpaired) electrons. The summed E-state index contributed by atoms with van der Waals surface area (Å²) in [5.74, 6) is 0. The van der Waals surface area contributed by atoms with Crippen LogP contribution in [-0.4, -0.2) is 36.7 Å². The SMILES string of the molecule is CO[P+](=O)[O-].[Na].